The normalized spacial score (nSPS) is 15.3. The first kappa shape index (κ1) is 14.5. The van der Waals surface area contributed by atoms with Gasteiger partial charge in [-0.25, -0.2) is 0 Å². The van der Waals surface area contributed by atoms with Gasteiger partial charge in [0.1, 0.15) is 17.1 Å². The maximum Gasteiger partial charge on any atom is 0.320 e. The minimum Gasteiger partial charge on any atom is -0.480 e. The third kappa shape index (κ3) is 3.79. The molecule has 1 atom stereocenters. The number of nitrogens with one attached hydrogen (secondary N) is 2. The van der Waals surface area contributed by atoms with Crippen LogP contribution < -0.4 is 10.6 Å². The summed E-state index contributed by atoms with van der Waals surface area (Å²) in [5, 5.41) is 25.7. The number of rotatable bonds is 7. The van der Waals surface area contributed by atoms with E-state index in [2.05, 4.69) is 10.6 Å². The van der Waals surface area contributed by atoms with E-state index < -0.39 is 12.0 Å². The third-order valence-electron chi connectivity index (χ3n) is 3.11. The largest absolute Gasteiger partial charge is 0.480 e. The summed E-state index contributed by atoms with van der Waals surface area (Å²) in [7, 11) is 0. The molecular formula is C13H15N3O3S. The van der Waals surface area contributed by atoms with Crippen LogP contribution in [0.2, 0.25) is 0 Å². The van der Waals surface area contributed by atoms with E-state index in [4.69, 9.17) is 10.4 Å². The third-order valence-corrected chi connectivity index (χ3v) is 3.94. The zero-order valence-corrected chi connectivity index (χ0v) is 11.6. The molecule has 3 N–H and O–H groups in total. The molecule has 0 spiro atoms. The predicted octanol–water partition coefficient (Wildman–Crippen LogP) is 1.40. The first-order valence-corrected chi connectivity index (χ1v) is 7.23. The molecule has 0 radical (unpaired) electrons. The van der Waals surface area contributed by atoms with Gasteiger partial charge in [0.25, 0.3) is 0 Å². The summed E-state index contributed by atoms with van der Waals surface area (Å²) >= 11 is 1.29. The van der Waals surface area contributed by atoms with Gasteiger partial charge in [0.15, 0.2) is 0 Å². The van der Waals surface area contributed by atoms with Crippen molar-refractivity contribution >= 4 is 28.2 Å². The lowest BCUT2D eigenvalue weighted by Gasteiger charge is -2.13. The van der Waals surface area contributed by atoms with Crippen molar-refractivity contribution in [3.63, 3.8) is 0 Å². The van der Waals surface area contributed by atoms with E-state index in [1.54, 1.807) is 11.4 Å². The molecule has 1 aromatic heterocycles. The Balaban J connectivity index is 1.75. The zero-order valence-electron chi connectivity index (χ0n) is 10.8. The molecule has 1 fully saturated rings. The van der Waals surface area contributed by atoms with Gasteiger partial charge in [-0.05, 0) is 30.2 Å². The molecular weight excluding hydrogens is 278 g/mol. The number of nitrogens with zero attached hydrogens (tertiary/aromatic N) is 1. The summed E-state index contributed by atoms with van der Waals surface area (Å²) < 4.78 is 0. The Hall–Kier alpha value is -1.91. The molecule has 0 saturated heterocycles. The Morgan fingerprint density at radius 1 is 1.55 bits per heavy atom. The topological polar surface area (TPSA) is 102 Å². The summed E-state index contributed by atoms with van der Waals surface area (Å²) in [6.07, 6.45) is 2.03. The summed E-state index contributed by atoms with van der Waals surface area (Å²) in [4.78, 5) is 22.7. The van der Waals surface area contributed by atoms with E-state index in [0.29, 0.717) is 17.1 Å². The van der Waals surface area contributed by atoms with Gasteiger partial charge in [-0.15, -0.1) is 11.3 Å². The van der Waals surface area contributed by atoms with Gasteiger partial charge >= 0.3 is 5.97 Å². The van der Waals surface area contributed by atoms with Crippen LogP contribution >= 0.6 is 11.3 Å². The molecule has 1 amide bonds. The molecule has 1 heterocycles. The number of carboxylic acids is 1. The molecule has 1 aromatic rings. The predicted molar refractivity (Wildman–Crippen MR) is 74.4 cm³/mol. The van der Waals surface area contributed by atoms with E-state index in [0.717, 1.165) is 12.8 Å². The van der Waals surface area contributed by atoms with Crippen LogP contribution in [0.25, 0.3) is 0 Å². The Bertz CT molecular complexity index is 545. The van der Waals surface area contributed by atoms with Crippen LogP contribution in [-0.4, -0.2) is 29.6 Å². The van der Waals surface area contributed by atoms with Crippen LogP contribution in [0.4, 0.5) is 5.00 Å². The van der Waals surface area contributed by atoms with Crippen molar-refractivity contribution in [3.8, 4) is 6.07 Å². The van der Waals surface area contributed by atoms with Crippen molar-refractivity contribution in [2.75, 3.05) is 11.9 Å². The van der Waals surface area contributed by atoms with Gasteiger partial charge in [0.2, 0.25) is 5.91 Å². The molecule has 0 aliphatic heterocycles. The molecule has 20 heavy (non-hydrogen) atoms. The molecule has 106 valence electrons. The second-order valence-corrected chi connectivity index (χ2v) is 5.60. The van der Waals surface area contributed by atoms with Crippen molar-refractivity contribution in [2.45, 2.75) is 25.3 Å². The monoisotopic (exact) mass is 293 g/mol. The zero-order chi connectivity index (χ0) is 14.5. The van der Waals surface area contributed by atoms with Crippen molar-refractivity contribution in [3.05, 3.63) is 17.0 Å². The molecule has 0 bridgehead atoms. The first-order chi connectivity index (χ1) is 9.61. The van der Waals surface area contributed by atoms with Crippen LogP contribution in [0.3, 0.4) is 0 Å². The van der Waals surface area contributed by atoms with Gasteiger partial charge in [-0.3, -0.25) is 9.59 Å². The van der Waals surface area contributed by atoms with Crippen LogP contribution in [0.5, 0.6) is 0 Å². The number of aliphatic carboxylic acids is 1. The minimum atomic E-state index is -0.863. The molecule has 0 aromatic carbocycles. The molecule has 1 aliphatic carbocycles. The van der Waals surface area contributed by atoms with Gasteiger partial charge in [0, 0.05) is 13.0 Å². The highest BCUT2D eigenvalue weighted by molar-refractivity contribution is 7.14. The second-order valence-electron chi connectivity index (χ2n) is 4.68. The van der Waals surface area contributed by atoms with Crippen LogP contribution in [0.15, 0.2) is 11.4 Å². The number of carbonyl (C=O) groups is 2. The summed E-state index contributed by atoms with van der Waals surface area (Å²) in [6, 6.07) is 3.08. The fourth-order valence-electron chi connectivity index (χ4n) is 1.91. The number of carbonyl (C=O) groups excluding carboxylic acids is 1. The number of hydrogen-bond acceptors (Lipinski definition) is 5. The lowest BCUT2D eigenvalue weighted by Crippen LogP contribution is -2.39. The van der Waals surface area contributed by atoms with Crippen molar-refractivity contribution < 1.29 is 14.7 Å². The quantitative estimate of drug-likeness (QED) is 0.705. The van der Waals surface area contributed by atoms with Gasteiger partial charge in [-0.1, -0.05) is 0 Å². The number of anilines is 1. The molecule has 7 heteroatoms. The smallest absolute Gasteiger partial charge is 0.320 e. The number of nitriles is 1. The number of amides is 1. The lowest BCUT2D eigenvalue weighted by atomic mass is 10.2. The number of carboxylic acid groups (broad SMARTS) is 1. The van der Waals surface area contributed by atoms with Gasteiger partial charge in [0.05, 0.1) is 5.56 Å². The molecule has 6 nitrogen and oxygen atoms in total. The first-order valence-electron chi connectivity index (χ1n) is 6.35. The van der Waals surface area contributed by atoms with E-state index in [9.17, 15) is 9.59 Å². The summed E-state index contributed by atoms with van der Waals surface area (Å²) in [5.74, 6) is -0.896. The molecule has 1 unspecified atom stereocenters. The SMILES string of the molecule is N#Cc1ccsc1NC(=O)CCNC(C(=O)O)C1CC1. The summed E-state index contributed by atoms with van der Waals surface area (Å²) in [6.45, 7) is 0.312. The van der Waals surface area contributed by atoms with E-state index in [1.807, 2.05) is 6.07 Å². The number of hydrogen-bond donors (Lipinski definition) is 3. The molecule has 1 aliphatic rings. The minimum absolute atomic E-state index is 0.180. The Morgan fingerprint density at radius 3 is 2.90 bits per heavy atom. The average molecular weight is 293 g/mol. The Kier molecular flexibility index (Phi) is 4.71. The van der Waals surface area contributed by atoms with Crippen molar-refractivity contribution in [2.24, 2.45) is 5.92 Å². The average Bonchev–Trinajstić information content (AvgIpc) is 3.14. The van der Waals surface area contributed by atoms with Gasteiger partial charge in [-0.2, -0.15) is 5.26 Å². The number of thiophene rings is 1. The van der Waals surface area contributed by atoms with Crippen molar-refractivity contribution in [1.29, 1.82) is 5.26 Å². The van der Waals surface area contributed by atoms with E-state index >= 15 is 0 Å². The molecule has 1 saturated carbocycles. The van der Waals surface area contributed by atoms with Crippen LogP contribution in [0.1, 0.15) is 24.8 Å². The highest BCUT2D eigenvalue weighted by Gasteiger charge is 2.35. The van der Waals surface area contributed by atoms with E-state index in [1.165, 1.54) is 11.3 Å². The molecule has 2 rings (SSSR count). The van der Waals surface area contributed by atoms with E-state index in [-0.39, 0.29) is 18.2 Å². The second kappa shape index (κ2) is 6.50. The van der Waals surface area contributed by atoms with Crippen molar-refractivity contribution in [1.82, 2.24) is 5.32 Å². The maximum absolute atomic E-state index is 11.7. The highest BCUT2D eigenvalue weighted by Crippen LogP contribution is 2.32. The summed E-state index contributed by atoms with van der Waals surface area (Å²) in [5.41, 5.74) is 0.442. The maximum atomic E-state index is 11.7. The van der Waals surface area contributed by atoms with Crippen LogP contribution in [-0.2, 0) is 9.59 Å². The Labute approximate surface area is 120 Å². The van der Waals surface area contributed by atoms with Crippen LogP contribution in [0, 0.1) is 17.2 Å². The van der Waals surface area contributed by atoms with Gasteiger partial charge < -0.3 is 15.7 Å². The fraction of sp³-hybridized carbons (Fsp3) is 0.462. The Morgan fingerprint density at radius 2 is 2.30 bits per heavy atom. The fourth-order valence-corrected chi connectivity index (χ4v) is 2.66. The lowest BCUT2D eigenvalue weighted by molar-refractivity contribution is -0.140. The highest BCUT2D eigenvalue weighted by atomic mass is 32.1. The standard InChI is InChI=1S/C13H15N3O3S/c14-7-9-4-6-20-12(9)16-10(17)3-5-15-11(13(18)19)8-1-2-8/h4,6,8,11,15H,1-3,5H2,(H,16,17)(H,18,19).